The number of hydrogen-bond donors (Lipinski definition) is 1. The Hall–Kier alpha value is -1.94. The molecule has 7 nitrogen and oxygen atoms in total. The summed E-state index contributed by atoms with van der Waals surface area (Å²) in [4.78, 5) is 12.9. The Morgan fingerprint density at radius 2 is 1.90 bits per heavy atom. The number of carbonyl (C=O) groups is 1. The molecule has 0 radical (unpaired) electrons. The fourth-order valence-electron chi connectivity index (χ4n) is 2.96. The van der Waals surface area contributed by atoms with E-state index in [1.807, 2.05) is 31.2 Å². The van der Waals surface area contributed by atoms with Crippen LogP contribution in [0.5, 0.6) is 5.75 Å². The van der Waals surface area contributed by atoms with Gasteiger partial charge in [-0.2, -0.15) is 4.31 Å². The van der Waals surface area contributed by atoms with Crippen molar-refractivity contribution >= 4 is 27.3 Å². The van der Waals surface area contributed by atoms with E-state index >= 15 is 0 Å². The van der Waals surface area contributed by atoms with Crippen LogP contribution in [-0.4, -0.2) is 51.5 Å². The third-order valence-electron chi connectivity index (χ3n) is 4.54. The Morgan fingerprint density at radius 1 is 1.17 bits per heavy atom. The first-order valence-corrected chi connectivity index (χ1v) is 11.9. The van der Waals surface area contributed by atoms with E-state index in [0.717, 1.165) is 16.2 Å². The van der Waals surface area contributed by atoms with Crippen LogP contribution in [0.15, 0.2) is 40.6 Å². The van der Waals surface area contributed by atoms with Crippen molar-refractivity contribution in [3.8, 4) is 5.75 Å². The third kappa shape index (κ3) is 6.02. The number of amides is 1. The van der Waals surface area contributed by atoms with Crippen LogP contribution >= 0.6 is 11.3 Å². The predicted octanol–water partition coefficient (Wildman–Crippen LogP) is 2.42. The number of aryl methyl sites for hydroxylation is 1. The van der Waals surface area contributed by atoms with Crippen molar-refractivity contribution in [3.05, 3.63) is 46.8 Å². The van der Waals surface area contributed by atoms with E-state index in [1.165, 1.54) is 15.6 Å². The SMILES string of the molecule is CCOc1ccc(CCC(=O)NCc2ccc(S(=O)(=O)N3CCOCC3)s2)cc1. The van der Waals surface area contributed by atoms with Gasteiger partial charge < -0.3 is 14.8 Å². The van der Waals surface area contributed by atoms with Crippen LogP contribution in [0, 0.1) is 0 Å². The molecule has 1 aliphatic heterocycles. The van der Waals surface area contributed by atoms with E-state index in [1.54, 1.807) is 12.1 Å². The van der Waals surface area contributed by atoms with Crippen molar-refractivity contribution in [2.45, 2.75) is 30.5 Å². The molecule has 1 aromatic carbocycles. The average Bonchev–Trinajstić information content (AvgIpc) is 3.23. The van der Waals surface area contributed by atoms with Crippen molar-refractivity contribution < 1.29 is 22.7 Å². The molecule has 9 heteroatoms. The van der Waals surface area contributed by atoms with Gasteiger partial charge in [0, 0.05) is 24.4 Å². The molecule has 1 N–H and O–H groups in total. The molecule has 0 saturated carbocycles. The Bertz CT molecular complexity index is 903. The zero-order valence-corrected chi connectivity index (χ0v) is 18.1. The van der Waals surface area contributed by atoms with Gasteiger partial charge in [0.2, 0.25) is 5.91 Å². The lowest BCUT2D eigenvalue weighted by Gasteiger charge is -2.25. The van der Waals surface area contributed by atoms with Crippen LogP contribution in [0.3, 0.4) is 0 Å². The Morgan fingerprint density at radius 3 is 2.59 bits per heavy atom. The quantitative estimate of drug-likeness (QED) is 0.650. The van der Waals surface area contributed by atoms with Crippen molar-refractivity contribution in [3.63, 3.8) is 0 Å². The summed E-state index contributed by atoms with van der Waals surface area (Å²) in [5.41, 5.74) is 1.07. The molecule has 0 bridgehead atoms. The third-order valence-corrected chi connectivity index (χ3v) is 7.99. The van der Waals surface area contributed by atoms with Gasteiger partial charge in [0.25, 0.3) is 10.0 Å². The number of carbonyl (C=O) groups excluding carboxylic acids is 1. The second-order valence-corrected chi connectivity index (χ2v) is 9.92. The van der Waals surface area contributed by atoms with E-state index in [4.69, 9.17) is 9.47 Å². The van der Waals surface area contributed by atoms with Crippen LogP contribution in [-0.2, 0) is 32.5 Å². The lowest BCUT2D eigenvalue weighted by molar-refractivity contribution is -0.121. The summed E-state index contributed by atoms with van der Waals surface area (Å²) in [5.74, 6) is 0.756. The van der Waals surface area contributed by atoms with E-state index < -0.39 is 10.0 Å². The summed E-state index contributed by atoms with van der Waals surface area (Å²) in [5, 5.41) is 2.86. The highest BCUT2D eigenvalue weighted by Crippen LogP contribution is 2.25. The van der Waals surface area contributed by atoms with Crippen molar-refractivity contribution in [2.75, 3.05) is 32.9 Å². The van der Waals surface area contributed by atoms with Crippen molar-refractivity contribution in [2.24, 2.45) is 0 Å². The fraction of sp³-hybridized carbons (Fsp3) is 0.450. The first-order valence-electron chi connectivity index (χ1n) is 9.64. The Balaban J connectivity index is 1.47. The monoisotopic (exact) mass is 438 g/mol. The smallest absolute Gasteiger partial charge is 0.252 e. The maximum absolute atomic E-state index is 12.6. The van der Waals surface area contributed by atoms with Gasteiger partial charge in [-0.25, -0.2) is 8.42 Å². The highest BCUT2D eigenvalue weighted by Gasteiger charge is 2.27. The number of thiophene rings is 1. The minimum absolute atomic E-state index is 0.0649. The highest BCUT2D eigenvalue weighted by molar-refractivity contribution is 7.91. The first kappa shape index (κ1) is 21.8. The van der Waals surface area contributed by atoms with Gasteiger partial charge in [-0.1, -0.05) is 12.1 Å². The molecule has 2 aromatic rings. The van der Waals surface area contributed by atoms with Crippen LogP contribution in [0.4, 0.5) is 0 Å². The standard InChI is InChI=1S/C20H26N2O5S2/c1-2-27-17-6-3-16(4-7-17)5-9-19(23)21-15-18-8-10-20(28-18)29(24,25)22-11-13-26-14-12-22/h3-4,6-8,10H,2,5,9,11-15H2,1H3,(H,21,23). The number of morpholine rings is 1. The van der Waals surface area contributed by atoms with Crippen LogP contribution < -0.4 is 10.1 Å². The number of benzene rings is 1. The van der Waals surface area contributed by atoms with E-state index in [0.29, 0.717) is 56.5 Å². The predicted molar refractivity (Wildman–Crippen MR) is 112 cm³/mol. The van der Waals surface area contributed by atoms with E-state index in [9.17, 15) is 13.2 Å². The fourth-order valence-corrected chi connectivity index (χ4v) is 5.81. The molecule has 3 rings (SSSR count). The van der Waals surface area contributed by atoms with Gasteiger partial charge in [-0.05, 0) is 43.2 Å². The largest absolute Gasteiger partial charge is 0.494 e. The second-order valence-electron chi connectivity index (χ2n) is 6.59. The molecule has 0 atom stereocenters. The zero-order chi connectivity index (χ0) is 20.7. The number of rotatable bonds is 9. The zero-order valence-electron chi connectivity index (χ0n) is 16.4. The summed E-state index contributed by atoms with van der Waals surface area (Å²) in [6.45, 7) is 4.47. The maximum Gasteiger partial charge on any atom is 0.252 e. The van der Waals surface area contributed by atoms with Crippen molar-refractivity contribution in [1.29, 1.82) is 0 Å². The summed E-state index contributed by atoms with van der Waals surface area (Å²) >= 11 is 1.20. The summed E-state index contributed by atoms with van der Waals surface area (Å²) in [6, 6.07) is 11.1. The summed E-state index contributed by atoms with van der Waals surface area (Å²) in [7, 11) is -3.48. The molecular formula is C20H26N2O5S2. The number of ether oxygens (including phenoxy) is 2. The van der Waals surface area contributed by atoms with Crippen LogP contribution in [0.25, 0.3) is 0 Å². The number of sulfonamides is 1. The molecule has 2 heterocycles. The van der Waals surface area contributed by atoms with Gasteiger partial charge in [0.15, 0.2) is 0 Å². The van der Waals surface area contributed by atoms with E-state index in [2.05, 4.69) is 5.32 Å². The average molecular weight is 439 g/mol. The number of nitrogens with one attached hydrogen (secondary N) is 1. The van der Waals surface area contributed by atoms with Gasteiger partial charge in [-0.3, -0.25) is 4.79 Å². The van der Waals surface area contributed by atoms with Gasteiger partial charge in [0.1, 0.15) is 9.96 Å². The maximum atomic E-state index is 12.6. The molecular weight excluding hydrogens is 412 g/mol. The Kier molecular flexibility index (Phi) is 7.65. The van der Waals surface area contributed by atoms with Crippen LogP contribution in [0.1, 0.15) is 23.8 Å². The normalized spacial score (nSPS) is 15.2. The van der Waals surface area contributed by atoms with Gasteiger partial charge in [0.05, 0.1) is 26.4 Å². The molecule has 1 aromatic heterocycles. The summed E-state index contributed by atoms with van der Waals surface area (Å²) < 4.78 is 37.7. The topological polar surface area (TPSA) is 84.9 Å². The van der Waals surface area contributed by atoms with Gasteiger partial charge >= 0.3 is 0 Å². The summed E-state index contributed by atoms with van der Waals surface area (Å²) in [6.07, 6.45) is 1.01. The first-order chi connectivity index (χ1) is 14.0. The molecule has 29 heavy (non-hydrogen) atoms. The minimum Gasteiger partial charge on any atom is -0.494 e. The molecule has 1 aliphatic rings. The number of nitrogens with zero attached hydrogens (tertiary/aromatic N) is 1. The molecule has 1 amide bonds. The molecule has 1 saturated heterocycles. The minimum atomic E-state index is -3.48. The number of hydrogen-bond acceptors (Lipinski definition) is 6. The molecule has 0 aliphatic carbocycles. The molecule has 1 fully saturated rings. The van der Waals surface area contributed by atoms with Gasteiger partial charge in [-0.15, -0.1) is 11.3 Å². The van der Waals surface area contributed by atoms with Crippen LogP contribution in [0.2, 0.25) is 0 Å². The lowest BCUT2D eigenvalue weighted by Crippen LogP contribution is -2.40. The highest BCUT2D eigenvalue weighted by atomic mass is 32.2. The van der Waals surface area contributed by atoms with Crippen molar-refractivity contribution in [1.82, 2.24) is 9.62 Å². The van der Waals surface area contributed by atoms with E-state index in [-0.39, 0.29) is 5.91 Å². The second kappa shape index (κ2) is 10.2. The molecule has 0 unspecified atom stereocenters. The lowest BCUT2D eigenvalue weighted by atomic mass is 10.1. The Labute approximate surface area is 175 Å². The molecule has 0 spiro atoms. The molecule has 158 valence electrons.